The Bertz CT molecular complexity index is 839. The van der Waals surface area contributed by atoms with Crippen LogP contribution in [-0.2, 0) is 11.4 Å². The van der Waals surface area contributed by atoms with Crippen molar-refractivity contribution in [1.82, 2.24) is 21.5 Å². The lowest BCUT2D eigenvalue weighted by atomic mass is 10.3. The molecule has 4 N–H and O–H groups in total. The maximum Gasteiger partial charge on any atom is 0.405 e. The Hall–Kier alpha value is -3.70. The van der Waals surface area contributed by atoms with E-state index in [1.165, 1.54) is 12.1 Å². The monoisotopic (exact) mass is 414 g/mol. The van der Waals surface area contributed by atoms with Gasteiger partial charge in [-0.05, 0) is 24.3 Å². The molecule has 0 aliphatic rings. The van der Waals surface area contributed by atoms with Gasteiger partial charge in [0.15, 0.2) is 5.76 Å². The van der Waals surface area contributed by atoms with Crippen molar-refractivity contribution in [2.45, 2.75) is 12.8 Å². The Morgan fingerprint density at radius 1 is 0.966 bits per heavy atom. The molecule has 0 spiro atoms. The summed E-state index contributed by atoms with van der Waals surface area (Å²) in [4.78, 5) is 34.5. The van der Waals surface area contributed by atoms with Crippen molar-refractivity contribution in [2.24, 2.45) is 0 Å². The lowest BCUT2D eigenvalue weighted by Crippen LogP contribution is -2.49. The minimum atomic E-state index is -4.56. The molecule has 0 saturated heterocycles. The van der Waals surface area contributed by atoms with E-state index in [2.05, 4.69) is 0 Å². The van der Waals surface area contributed by atoms with E-state index in [9.17, 15) is 27.6 Å². The fourth-order valence-corrected chi connectivity index (χ4v) is 1.89. The number of ether oxygens (including phenoxy) is 1. The topological polar surface area (TPSA) is 122 Å². The third kappa shape index (κ3) is 8.24. The van der Waals surface area contributed by atoms with Gasteiger partial charge in [0.05, 0.1) is 6.54 Å². The lowest BCUT2D eigenvalue weighted by Gasteiger charge is -2.10. The summed E-state index contributed by atoms with van der Waals surface area (Å²) in [5.74, 6) is -0.956. The molecule has 0 radical (unpaired) electrons. The molecule has 0 unspecified atom stereocenters. The highest BCUT2D eigenvalue weighted by Crippen LogP contribution is 2.14. The average molecular weight is 414 g/mol. The van der Waals surface area contributed by atoms with Crippen LogP contribution in [0.5, 0.6) is 5.75 Å². The third-order valence-corrected chi connectivity index (χ3v) is 3.19. The summed E-state index contributed by atoms with van der Waals surface area (Å²) in [6.45, 7) is -2.14. The van der Waals surface area contributed by atoms with Crippen LogP contribution in [0, 0.1) is 0 Å². The molecule has 2 rings (SSSR count). The number of hydrazine groups is 1. The number of hydrogen-bond acceptors (Lipinski definition) is 5. The molecule has 0 aliphatic heterocycles. The predicted molar refractivity (Wildman–Crippen MR) is 92.5 cm³/mol. The van der Waals surface area contributed by atoms with Crippen molar-refractivity contribution in [3.05, 3.63) is 54.0 Å². The molecular weight excluding hydrogens is 397 g/mol. The normalized spacial score (nSPS) is 10.7. The van der Waals surface area contributed by atoms with Gasteiger partial charge in [-0.25, -0.2) is 10.2 Å². The Kier molecular flexibility index (Phi) is 7.46. The van der Waals surface area contributed by atoms with Crippen molar-refractivity contribution < 1.29 is 36.7 Å². The second-order valence-electron chi connectivity index (χ2n) is 5.52. The van der Waals surface area contributed by atoms with Crippen LogP contribution in [-0.4, -0.2) is 37.1 Å². The predicted octanol–water partition coefficient (Wildman–Crippen LogP) is 1.48. The van der Waals surface area contributed by atoms with E-state index in [-0.39, 0.29) is 12.4 Å². The van der Waals surface area contributed by atoms with Crippen molar-refractivity contribution >= 4 is 17.8 Å². The SMILES string of the molecule is O=C(CNC(=O)NNC(=O)c1ccc(COc2ccccc2)o1)NCC(F)(F)F. The van der Waals surface area contributed by atoms with Crippen LogP contribution in [0.4, 0.5) is 18.0 Å². The molecule has 4 amide bonds. The first-order chi connectivity index (χ1) is 13.7. The maximum atomic E-state index is 11.9. The Morgan fingerprint density at radius 3 is 2.38 bits per heavy atom. The van der Waals surface area contributed by atoms with Gasteiger partial charge in [0.1, 0.15) is 24.7 Å². The van der Waals surface area contributed by atoms with E-state index in [0.29, 0.717) is 11.5 Å². The number of benzene rings is 1. The zero-order valence-corrected chi connectivity index (χ0v) is 14.8. The number of carbonyl (C=O) groups excluding carboxylic acids is 3. The number of halogens is 3. The Morgan fingerprint density at radius 2 is 1.69 bits per heavy atom. The van der Waals surface area contributed by atoms with Crippen molar-refractivity contribution in [1.29, 1.82) is 0 Å². The summed E-state index contributed by atoms with van der Waals surface area (Å²) >= 11 is 0. The number of urea groups is 1. The van der Waals surface area contributed by atoms with Crippen LogP contribution in [0.2, 0.25) is 0 Å². The van der Waals surface area contributed by atoms with E-state index in [1.807, 2.05) is 22.2 Å². The first kappa shape index (κ1) is 21.6. The van der Waals surface area contributed by atoms with Gasteiger partial charge < -0.3 is 19.8 Å². The molecule has 1 aromatic heterocycles. The molecule has 9 nitrogen and oxygen atoms in total. The summed E-state index contributed by atoms with van der Waals surface area (Å²) in [6, 6.07) is 10.8. The number of carbonyl (C=O) groups is 3. The van der Waals surface area contributed by atoms with Gasteiger partial charge in [0.25, 0.3) is 0 Å². The van der Waals surface area contributed by atoms with E-state index in [1.54, 1.807) is 29.6 Å². The summed E-state index contributed by atoms with van der Waals surface area (Å²) in [5, 5.41) is 3.55. The number of rotatable bonds is 7. The highest BCUT2D eigenvalue weighted by molar-refractivity contribution is 5.93. The third-order valence-electron chi connectivity index (χ3n) is 3.19. The molecular formula is C17H17F3N4O5. The highest BCUT2D eigenvalue weighted by atomic mass is 19.4. The van der Waals surface area contributed by atoms with Crippen LogP contribution in [0.25, 0.3) is 0 Å². The first-order valence-corrected chi connectivity index (χ1v) is 8.17. The molecule has 156 valence electrons. The Balaban J connectivity index is 1.69. The Labute approximate surface area is 162 Å². The van der Waals surface area contributed by atoms with Crippen molar-refractivity contribution in [3.63, 3.8) is 0 Å². The van der Waals surface area contributed by atoms with Gasteiger partial charge in [-0.1, -0.05) is 18.2 Å². The smallest absolute Gasteiger partial charge is 0.405 e. The summed E-state index contributed by atoms with van der Waals surface area (Å²) in [5.41, 5.74) is 3.95. The molecule has 0 atom stereocenters. The number of amides is 4. The van der Waals surface area contributed by atoms with Crippen LogP contribution in [0.15, 0.2) is 46.9 Å². The standard InChI is InChI=1S/C17H17F3N4O5/c18-17(19,20)10-22-14(25)8-21-16(27)24-23-15(26)13-7-6-12(29-13)9-28-11-4-2-1-3-5-11/h1-7H,8-10H2,(H,22,25)(H,23,26)(H2,21,24,27). The van der Waals surface area contributed by atoms with Gasteiger partial charge in [0.2, 0.25) is 5.91 Å². The molecule has 29 heavy (non-hydrogen) atoms. The summed E-state index contributed by atoms with van der Waals surface area (Å²) < 4.78 is 46.6. The zero-order valence-electron chi connectivity index (χ0n) is 14.8. The number of hydrogen-bond donors (Lipinski definition) is 4. The summed E-state index contributed by atoms with van der Waals surface area (Å²) in [6.07, 6.45) is -4.56. The van der Waals surface area contributed by atoms with E-state index < -0.39 is 37.1 Å². The van der Waals surface area contributed by atoms with E-state index in [4.69, 9.17) is 9.15 Å². The fourth-order valence-electron chi connectivity index (χ4n) is 1.89. The zero-order chi connectivity index (χ0) is 21.3. The molecule has 1 heterocycles. The van der Waals surface area contributed by atoms with Crippen molar-refractivity contribution in [3.8, 4) is 5.75 Å². The lowest BCUT2D eigenvalue weighted by molar-refractivity contribution is -0.137. The molecule has 2 aromatic rings. The highest BCUT2D eigenvalue weighted by Gasteiger charge is 2.27. The van der Waals surface area contributed by atoms with Crippen LogP contribution < -0.4 is 26.2 Å². The second kappa shape index (κ2) is 10.0. The second-order valence-corrected chi connectivity index (χ2v) is 5.52. The van der Waals surface area contributed by atoms with E-state index >= 15 is 0 Å². The molecule has 0 aliphatic carbocycles. The van der Waals surface area contributed by atoms with Gasteiger partial charge in [-0.15, -0.1) is 0 Å². The van der Waals surface area contributed by atoms with Gasteiger partial charge >= 0.3 is 18.1 Å². The van der Waals surface area contributed by atoms with Crippen LogP contribution in [0.1, 0.15) is 16.3 Å². The average Bonchev–Trinajstić information content (AvgIpc) is 3.16. The molecule has 0 fully saturated rings. The van der Waals surface area contributed by atoms with Gasteiger partial charge in [-0.3, -0.25) is 15.0 Å². The number of nitrogens with one attached hydrogen (secondary N) is 4. The largest absolute Gasteiger partial charge is 0.486 e. The van der Waals surface area contributed by atoms with Crippen molar-refractivity contribution in [2.75, 3.05) is 13.1 Å². The number of alkyl halides is 3. The van der Waals surface area contributed by atoms with Gasteiger partial charge in [0, 0.05) is 0 Å². The maximum absolute atomic E-state index is 11.9. The van der Waals surface area contributed by atoms with Crippen LogP contribution >= 0.6 is 0 Å². The molecule has 12 heteroatoms. The quantitative estimate of drug-likeness (QED) is 0.512. The van der Waals surface area contributed by atoms with Gasteiger partial charge in [-0.2, -0.15) is 13.2 Å². The van der Waals surface area contributed by atoms with E-state index in [0.717, 1.165) is 0 Å². The fraction of sp³-hybridized carbons (Fsp3) is 0.235. The molecule has 1 aromatic carbocycles. The summed E-state index contributed by atoms with van der Waals surface area (Å²) in [7, 11) is 0. The number of furan rings is 1. The molecule has 0 saturated carbocycles. The molecule has 0 bridgehead atoms. The first-order valence-electron chi connectivity index (χ1n) is 8.17. The minimum Gasteiger partial charge on any atom is -0.486 e. The van der Waals surface area contributed by atoms with Crippen LogP contribution in [0.3, 0.4) is 0 Å². The minimum absolute atomic E-state index is 0.0816. The number of para-hydroxylation sites is 1.